The summed E-state index contributed by atoms with van der Waals surface area (Å²) in [5.74, 6) is -1.01. The van der Waals surface area contributed by atoms with Gasteiger partial charge in [-0.25, -0.2) is 4.79 Å². The Hall–Kier alpha value is -2.30. The number of hydrogen-bond donors (Lipinski definition) is 2. The van der Waals surface area contributed by atoms with E-state index in [1.807, 2.05) is 42.1 Å². The second-order valence-electron chi connectivity index (χ2n) is 6.00. The maximum Gasteiger partial charge on any atom is 0.326 e. The van der Waals surface area contributed by atoms with Crippen LogP contribution in [0.3, 0.4) is 0 Å². The van der Waals surface area contributed by atoms with Crippen molar-refractivity contribution >= 4 is 22.8 Å². The van der Waals surface area contributed by atoms with Gasteiger partial charge in [-0.05, 0) is 36.8 Å². The van der Waals surface area contributed by atoms with Gasteiger partial charge in [-0.2, -0.15) is 0 Å². The molecule has 0 radical (unpaired) electrons. The van der Waals surface area contributed by atoms with Crippen molar-refractivity contribution in [3.63, 3.8) is 0 Å². The lowest BCUT2D eigenvalue weighted by molar-refractivity contribution is -0.142. The van der Waals surface area contributed by atoms with E-state index in [0.29, 0.717) is 12.8 Å². The number of rotatable bonds is 6. The van der Waals surface area contributed by atoms with Crippen LogP contribution in [-0.2, 0) is 23.1 Å². The van der Waals surface area contributed by atoms with Gasteiger partial charge in [0.1, 0.15) is 6.04 Å². The first-order chi connectivity index (χ1) is 10.6. The number of carboxylic acids is 1. The number of hydrogen-bond acceptors (Lipinski definition) is 2. The Bertz CT molecular complexity index is 716. The third kappa shape index (κ3) is 2.98. The molecule has 1 atom stereocenters. The van der Waals surface area contributed by atoms with E-state index in [-0.39, 0.29) is 11.8 Å². The van der Waals surface area contributed by atoms with E-state index in [1.165, 1.54) is 0 Å². The number of fused-ring (bicyclic) bond motifs is 1. The molecule has 3 rings (SSSR count). The monoisotopic (exact) mass is 300 g/mol. The number of aromatic nitrogens is 1. The Morgan fingerprint density at radius 2 is 2.09 bits per heavy atom. The third-order valence-corrected chi connectivity index (χ3v) is 4.28. The van der Waals surface area contributed by atoms with E-state index >= 15 is 0 Å². The molecule has 1 saturated carbocycles. The maximum absolute atomic E-state index is 12.0. The second kappa shape index (κ2) is 5.83. The van der Waals surface area contributed by atoms with Gasteiger partial charge in [-0.1, -0.05) is 18.2 Å². The zero-order chi connectivity index (χ0) is 15.7. The van der Waals surface area contributed by atoms with Crippen LogP contribution in [0.4, 0.5) is 0 Å². The molecule has 1 aliphatic rings. The van der Waals surface area contributed by atoms with Gasteiger partial charge >= 0.3 is 5.97 Å². The fourth-order valence-electron chi connectivity index (χ4n) is 2.93. The summed E-state index contributed by atoms with van der Waals surface area (Å²) in [4.78, 5) is 23.2. The standard InChI is InChI=1S/C17H20N2O3/c1-19-10-12(13-4-2-3-5-14(13)19)8-9-15(20)18-16(17(21)22)11-6-7-11/h2-5,10-11,16H,6-9H2,1H3,(H,18,20)(H,21,22). The summed E-state index contributed by atoms with van der Waals surface area (Å²) in [6.45, 7) is 0. The third-order valence-electron chi connectivity index (χ3n) is 4.28. The van der Waals surface area contributed by atoms with Crippen molar-refractivity contribution in [1.29, 1.82) is 0 Å². The van der Waals surface area contributed by atoms with Crippen LogP contribution in [0.1, 0.15) is 24.8 Å². The van der Waals surface area contributed by atoms with Crippen molar-refractivity contribution < 1.29 is 14.7 Å². The van der Waals surface area contributed by atoms with Crippen LogP contribution in [0.25, 0.3) is 10.9 Å². The molecule has 22 heavy (non-hydrogen) atoms. The smallest absolute Gasteiger partial charge is 0.326 e. The topological polar surface area (TPSA) is 71.3 Å². The second-order valence-corrected chi connectivity index (χ2v) is 6.00. The van der Waals surface area contributed by atoms with E-state index in [4.69, 9.17) is 5.11 Å². The van der Waals surface area contributed by atoms with Crippen LogP contribution >= 0.6 is 0 Å². The first kappa shape index (κ1) is 14.6. The number of carbonyl (C=O) groups excluding carboxylic acids is 1. The lowest BCUT2D eigenvalue weighted by Crippen LogP contribution is -2.42. The molecule has 2 aromatic rings. The van der Waals surface area contributed by atoms with E-state index in [2.05, 4.69) is 5.32 Å². The molecule has 5 nitrogen and oxygen atoms in total. The van der Waals surface area contributed by atoms with Crippen LogP contribution < -0.4 is 5.32 Å². The molecule has 1 aromatic heterocycles. The summed E-state index contributed by atoms with van der Waals surface area (Å²) in [5, 5.41) is 13.0. The zero-order valence-corrected chi connectivity index (χ0v) is 12.6. The quantitative estimate of drug-likeness (QED) is 0.858. The minimum atomic E-state index is -0.930. The molecular weight excluding hydrogens is 280 g/mol. The van der Waals surface area contributed by atoms with Gasteiger partial charge in [-0.3, -0.25) is 4.79 Å². The van der Waals surface area contributed by atoms with Crippen molar-refractivity contribution in [2.75, 3.05) is 0 Å². The summed E-state index contributed by atoms with van der Waals surface area (Å²) in [6, 6.07) is 7.35. The number of amides is 1. The molecule has 0 spiro atoms. The Balaban J connectivity index is 1.64. The molecule has 5 heteroatoms. The number of nitrogens with zero attached hydrogens (tertiary/aromatic N) is 1. The van der Waals surface area contributed by atoms with Crippen LogP contribution in [-0.4, -0.2) is 27.6 Å². The summed E-state index contributed by atoms with van der Waals surface area (Å²) >= 11 is 0. The SMILES string of the molecule is Cn1cc(CCC(=O)NC(C(=O)O)C2CC2)c2ccccc21. The van der Waals surface area contributed by atoms with Gasteiger partial charge in [0.2, 0.25) is 5.91 Å². The van der Waals surface area contributed by atoms with E-state index in [0.717, 1.165) is 29.3 Å². The minimum absolute atomic E-state index is 0.110. The van der Waals surface area contributed by atoms with Crippen molar-refractivity contribution in [3.8, 4) is 0 Å². The van der Waals surface area contributed by atoms with Gasteiger partial charge < -0.3 is 15.0 Å². The van der Waals surface area contributed by atoms with E-state index in [1.54, 1.807) is 0 Å². The molecule has 0 aliphatic heterocycles. The number of aliphatic carboxylic acids is 1. The van der Waals surface area contributed by atoms with Crippen molar-refractivity contribution in [2.45, 2.75) is 31.7 Å². The largest absolute Gasteiger partial charge is 0.480 e. The highest BCUT2D eigenvalue weighted by Crippen LogP contribution is 2.32. The number of para-hydroxylation sites is 1. The van der Waals surface area contributed by atoms with Gasteiger partial charge in [0.25, 0.3) is 0 Å². The summed E-state index contributed by atoms with van der Waals surface area (Å²) in [6.07, 6.45) is 4.74. The van der Waals surface area contributed by atoms with Gasteiger partial charge in [0, 0.05) is 30.6 Å². The maximum atomic E-state index is 12.0. The van der Waals surface area contributed by atoms with Crippen LogP contribution in [0, 0.1) is 5.92 Å². The van der Waals surface area contributed by atoms with Gasteiger partial charge in [0.15, 0.2) is 0 Å². The van der Waals surface area contributed by atoms with Gasteiger partial charge in [0.05, 0.1) is 0 Å². The zero-order valence-electron chi connectivity index (χ0n) is 12.6. The van der Waals surface area contributed by atoms with E-state index in [9.17, 15) is 9.59 Å². The summed E-state index contributed by atoms with van der Waals surface area (Å²) < 4.78 is 2.05. The number of carboxylic acid groups (broad SMARTS) is 1. The molecule has 1 unspecified atom stereocenters. The Morgan fingerprint density at radius 3 is 2.77 bits per heavy atom. The molecular formula is C17H20N2O3. The van der Waals surface area contributed by atoms with Crippen LogP contribution in [0.5, 0.6) is 0 Å². The predicted octanol–water partition coefficient (Wildman–Crippen LogP) is 2.09. The minimum Gasteiger partial charge on any atom is -0.480 e. The highest BCUT2D eigenvalue weighted by Gasteiger charge is 2.37. The molecule has 1 heterocycles. The fraction of sp³-hybridized carbons (Fsp3) is 0.412. The average Bonchev–Trinajstić information content (AvgIpc) is 3.28. The molecule has 1 aliphatic carbocycles. The van der Waals surface area contributed by atoms with E-state index < -0.39 is 12.0 Å². The number of nitrogens with one attached hydrogen (secondary N) is 1. The molecule has 116 valence electrons. The average molecular weight is 300 g/mol. The lowest BCUT2D eigenvalue weighted by Gasteiger charge is -2.13. The van der Waals surface area contributed by atoms with Gasteiger partial charge in [-0.15, -0.1) is 0 Å². The molecule has 2 N–H and O–H groups in total. The Labute approximate surface area is 128 Å². The van der Waals surface area contributed by atoms with Crippen molar-refractivity contribution in [1.82, 2.24) is 9.88 Å². The lowest BCUT2D eigenvalue weighted by atomic mass is 10.1. The highest BCUT2D eigenvalue weighted by molar-refractivity contribution is 5.86. The number of benzene rings is 1. The molecule has 0 bridgehead atoms. The number of carbonyl (C=O) groups is 2. The first-order valence-corrected chi connectivity index (χ1v) is 7.61. The Kier molecular flexibility index (Phi) is 3.88. The molecule has 1 fully saturated rings. The van der Waals surface area contributed by atoms with Crippen molar-refractivity contribution in [2.24, 2.45) is 13.0 Å². The first-order valence-electron chi connectivity index (χ1n) is 7.61. The van der Waals surface area contributed by atoms with Crippen LogP contribution in [0.15, 0.2) is 30.5 Å². The molecule has 1 amide bonds. The number of aryl methyl sites for hydroxylation is 2. The highest BCUT2D eigenvalue weighted by atomic mass is 16.4. The summed E-state index contributed by atoms with van der Waals surface area (Å²) in [7, 11) is 1.99. The van der Waals surface area contributed by atoms with Crippen molar-refractivity contribution in [3.05, 3.63) is 36.0 Å². The Morgan fingerprint density at radius 1 is 1.36 bits per heavy atom. The summed E-state index contributed by atoms with van der Waals surface area (Å²) in [5.41, 5.74) is 2.26. The molecule has 1 aromatic carbocycles. The predicted molar refractivity (Wildman–Crippen MR) is 83.5 cm³/mol. The molecule has 0 saturated heterocycles. The fourth-order valence-corrected chi connectivity index (χ4v) is 2.93. The van der Waals surface area contributed by atoms with Crippen LogP contribution in [0.2, 0.25) is 0 Å². The normalized spacial score (nSPS) is 15.7.